The van der Waals surface area contributed by atoms with Crippen molar-refractivity contribution in [3.05, 3.63) is 11.8 Å². The smallest absolute Gasteiger partial charge is 0.274 e. The highest BCUT2D eigenvalue weighted by Crippen LogP contribution is 2.15. The maximum absolute atomic E-state index is 12.2. The first kappa shape index (κ1) is 12.8. The van der Waals surface area contributed by atoms with Crippen molar-refractivity contribution in [2.45, 2.75) is 12.1 Å². The molecule has 1 aliphatic heterocycles. The van der Waals surface area contributed by atoms with Gasteiger partial charge in [-0.1, -0.05) is 0 Å². The predicted molar refractivity (Wildman–Crippen MR) is 64.5 cm³/mol. The third-order valence-corrected chi connectivity index (χ3v) is 3.23. The Morgan fingerprint density at radius 2 is 2.39 bits per heavy atom. The maximum atomic E-state index is 12.2. The zero-order valence-corrected chi connectivity index (χ0v) is 10.8. The van der Waals surface area contributed by atoms with E-state index in [4.69, 9.17) is 4.74 Å². The van der Waals surface area contributed by atoms with E-state index in [9.17, 15) is 9.90 Å². The molecule has 2 rings (SSSR count). The van der Waals surface area contributed by atoms with Crippen LogP contribution in [0.1, 0.15) is 10.5 Å². The Hall–Kier alpha value is -1.60. The largest absolute Gasteiger partial charge is 0.481 e. The van der Waals surface area contributed by atoms with Crippen LogP contribution >= 0.6 is 0 Å². The van der Waals surface area contributed by atoms with Crippen LogP contribution in [0, 0.1) is 0 Å². The summed E-state index contributed by atoms with van der Waals surface area (Å²) in [6, 6.07) is 1.37. The first-order chi connectivity index (χ1) is 8.54. The number of likely N-dealkylation sites (N-methyl/N-ethyl adjacent to an activating group) is 1. The normalized spacial score (nSPS) is 23.1. The van der Waals surface area contributed by atoms with Crippen molar-refractivity contribution in [2.24, 2.45) is 7.05 Å². The van der Waals surface area contributed by atoms with Crippen molar-refractivity contribution in [3.63, 3.8) is 0 Å². The zero-order chi connectivity index (χ0) is 13.3. The lowest BCUT2D eigenvalue weighted by Crippen LogP contribution is -2.44. The molecule has 2 atom stereocenters. The number of methoxy groups -OCH3 is 1. The minimum Gasteiger partial charge on any atom is -0.481 e. The second-order valence-electron chi connectivity index (χ2n) is 4.40. The van der Waals surface area contributed by atoms with Crippen molar-refractivity contribution in [3.8, 4) is 5.88 Å². The Bertz CT molecular complexity index is 445. The molecular formula is C11H18N4O3. The number of rotatable bonds is 3. The highest BCUT2D eigenvalue weighted by Gasteiger charge is 2.32. The molecule has 0 aliphatic carbocycles. The molecule has 7 nitrogen and oxygen atoms in total. The number of aliphatic hydroxyl groups excluding tert-OH is 1. The molecule has 1 aromatic rings. The number of nitrogens with zero attached hydrogens (tertiary/aromatic N) is 3. The van der Waals surface area contributed by atoms with E-state index >= 15 is 0 Å². The van der Waals surface area contributed by atoms with Gasteiger partial charge in [-0.3, -0.25) is 4.79 Å². The van der Waals surface area contributed by atoms with Crippen LogP contribution in [0.25, 0.3) is 0 Å². The number of carbonyl (C=O) groups excluding carboxylic acids is 1. The van der Waals surface area contributed by atoms with Crippen LogP contribution in [0.15, 0.2) is 6.07 Å². The molecule has 100 valence electrons. The van der Waals surface area contributed by atoms with Gasteiger partial charge < -0.3 is 20.1 Å². The fraction of sp³-hybridized carbons (Fsp3) is 0.636. The molecule has 1 aliphatic rings. The van der Waals surface area contributed by atoms with Crippen LogP contribution in [-0.4, -0.2) is 65.1 Å². The van der Waals surface area contributed by atoms with E-state index in [2.05, 4.69) is 10.4 Å². The van der Waals surface area contributed by atoms with E-state index in [1.165, 1.54) is 16.7 Å². The van der Waals surface area contributed by atoms with Crippen LogP contribution in [0.3, 0.4) is 0 Å². The summed E-state index contributed by atoms with van der Waals surface area (Å²) in [7, 11) is 4.91. The van der Waals surface area contributed by atoms with Crippen molar-refractivity contribution in [1.82, 2.24) is 20.0 Å². The molecule has 0 saturated carbocycles. The summed E-state index contributed by atoms with van der Waals surface area (Å²) in [5.74, 6) is 0.304. The second-order valence-corrected chi connectivity index (χ2v) is 4.40. The molecule has 0 unspecified atom stereocenters. The van der Waals surface area contributed by atoms with Gasteiger partial charge in [-0.25, -0.2) is 4.68 Å². The van der Waals surface area contributed by atoms with E-state index in [0.29, 0.717) is 24.7 Å². The maximum Gasteiger partial charge on any atom is 0.274 e. The fourth-order valence-corrected chi connectivity index (χ4v) is 2.12. The molecule has 1 amide bonds. The lowest BCUT2D eigenvalue weighted by molar-refractivity contribution is 0.0575. The Kier molecular flexibility index (Phi) is 3.53. The Morgan fingerprint density at radius 3 is 2.89 bits per heavy atom. The number of β-amino-alcohol motifs (C(OH)–C–C–N with tert-alkyl or cyclic N) is 1. The van der Waals surface area contributed by atoms with Gasteiger partial charge in [-0.05, 0) is 0 Å². The third-order valence-electron chi connectivity index (χ3n) is 3.23. The molecule has 18 heavy (non-hydrogen) atoms. The van der Waals surface area contributed by atoms with Crippen molar-refractivity contribution in [2.75, 3.05) is 27.2 Å². The van der Waals surface area contributed by atoms with Crippen LogP contribution in [-0.2, 0) is 7.05 Å². The molecule has 0 radical (unpaired) electrons. The molecule has 0 spiro atoms. The zero-order valence-electron chi connectivity index (χ0n) is 10.8. The van der Waals surface area contributed by atoms with Crippen LogP contribution in [0.2, 0.25) is 0 Å². The van der Waals surface area contributed by atoms with Crippen LogP contribution in [0.4, 0.5) is 0 Å². The number of hydrogen-bond donors (Lipinski definition) is 2. The summed E-state index contributed by atoms with van der Waals surface area (Å²) in [4.78, 5) is 13.7. The monoisotopic (exact) mass is 254 g/mol. The van der Waals surface area contributed by atoms with Gasteiger partial charge in [0.05, 0.1) is 19.3 Å². The number of carbonyl (C=O) groups is 1. The average molecular weight is 254 g/mol. The van der Waals surface area contributed by atoms with E-state index in [1.807, 2.05) is 0 Å². The van der Waals surface area contributed by atoms with E-state index < -0.39 is 6.10 Å². The number of amides is 1. The molecule has 7 heteroatoms. The molecule has 1 aromatic heterocycles. The number of nitrogens with one attached hydrogen (secondary N) is 1. The summed E-state index contributed by atoms with van der Waals surface area (Å²) in [5, 5.41) is 16.9. The molecule has 0 aromatic carbocycles. The molecule has 1 saturated heterocycles. The highest BCUT2D eigenvalue weighted by atomic mass is 16.5. The third kappa shape index (κ3) is 2.19. The van der Waals surface area contributed by atoms with Gasteiger partial charge >= 0.3 is 0 Å². The number of aliphatic hydroxyl groups is 1. The average Bonchev–Trinajstić information content (AvgIpc) is 2.93. The molecule has 1 fully saturated rings. The first-order valence-corrected chi connectivity index (χ1v) is 5.78. The molecule has 2 N–H and O–H groups in total. The quantitative estimate of drug-likeness (QED) is 0.711. The minimum absolute atomic E-state index is 0.217. The van der Waals surface area contributed by atoms with Crippen LogP contribution < -0.4 is 10.1 Å². The number of aryl methyl sites for hydroxylation is 1. The summed E-state index contributed by atoms with van der Waals surface area (Å²) < 4.78 is 6.57. The van der Waals surface area contributed by atoms with Gasteiger partial charge in [0.15, 0.2) is 5.69 Å². The number of ether oxygens (including phenoxy) is 1. The Labute approximate surface area is 105 Å². The summed E-state index contributed by atoms with van der Waals surface area (Å²) >= 11 is 0. The summed E-state index contributed by atoms with van der Waals surface area (Å²) in [5.41, 5.74) is 0.316. The summed E-state index contributed by atoms with van der Waals surface area (Å²) in [6.45, 7) is 1.10. The standard InChI is InChI=1S/C11H18N4O3/c1-14(8-5-12-6-9(8)16)11(17)7-4-10(18-3)15(2)13-7/h4,8-9,12,16H,5-6H2,1-3H3/t8-,9-/m0/s1. The molecule has 0 bridgehead atoms. The topological polar surface area (TPSA) is 79.6 Å². The lowest BCUT2D eigenvalue weighted by atomic mass is 10.2. The van der Waals surface area contributed by atoms with Gasteiger partial charge in [-0.2, -0.15) is 5.10 Å². The Balaban J connectivity index is 2.14. The van der Waals surface area contributed by atoms with Gasteiger partial charge in [0.2, 0.25) is 5.88 Å². The predicted octanol–water partition coefficient (Wildman–Crippen LogP) is -1.17. The Morgan fingerprint density at radius 1 is 1.67 bits per heavy atom. The van der Waals surface area contributed by atoms with Gasteiger partial charge in [0.25, 0.3) is 5.91 Å². The van der Waals surface area contributed by atoms with E-state index in [-0.39, 0.29) is 11.9 Å². The molecule has 2 heterocycles. The van der Waals surface area contributed by atoms with Crippen molar-refractivity contribution in [1.29, 1.82) is 0 Å². The van der Waals surface area contributed by atoms with Crippen molar-refractivity contribution < 1.29 is 14.6 Å². The van der Waals surface area contributed by atoms with E-state index in [0.717, 1.165) is 0 Å². The highest BCUT2D eigenvalue weighted by molar-refractivity contribution is 5.92. The number of aromatic nitrogens is 2. The minimum atomic E-state index is -0.537. The van der Waals surface area contributed by atoms with Gasteiger partial charge in [-0.15, -0.1) is 0 Å². The van der Waals surface area contributed by atoms with Gasteiger partial charge in [0.1, 0.15) is 0 Å². The lowest BCUT2D eigenvalue weighted by Gasteiger charge is -2.25. The fourth-order valence-electron chi connectivity index (χ4n) is 2.12. The SMILES string of the molecule is COc1cc(C(=O)N(C)[C@H]2CNC[C@@H]2O)nn1C. The van der Waals surface area contributed by atoms with E-state index in [1.54, 1.807) is 20.2 Å². The van der Waals surface area contributed by atoms with Gasteiger partial charge in [0, 0.05) is 33.3 Å². The number of hydrogen-bond acceptors (Lipinski definition) is 5. The first-order valence-electron chi connectivity index (χ1n) is 5.78. The second kappa shape index (κ2) is 4.95. The van der Waals surface area contributed by atoms with Crippen LogP contribution in [0.5, 0.6) is 5.88 Å². The summed E-state index contributed by atoms with van der Waals surface area (Å²) in [6.07, 6.45) is -0.537. The van der Waals surface area contributed by atoms with Crippen molar-refractivity contribution >= 4 is 5.91 Å². The molecular weight excluding hydrogens is 236 g/mol.